The molecule has 1 amide bonds. The van der Waals surface area contributed by atoms with Crippen LogP contribution in [0.25, 0.3) is 0 Å². The van der Waals surface area contributed by atoms with Crippen molar-refractivity contribution in [3.05, 3.63) is 0 Å². The Labute approximate surface area is 146 Å². The molecule has 0 aliphatic heterocycles. The summed E-state index contributed by atoms with van der Waals surface area (Å²) in [4.78, 5) is 22.4. The maximum atomic E-state index is 12.3. The molecule has 0 rings (SSSR count). The molecule has 0 saturated carbocycles. The van der Waals surface area contributed by atoms with Crippen molar-refractivity contribution in [2.45, 2.75) is 57.2 Å². The van der Waals surface area contributed by atoms with Crippen molar-refractivity contribution in [2.24, 2.45) is 0 Å². The molecular formula is C15H24F3NO5Si. The number of aliphatic hydroxyl groups is 1. The predicted molar refractivity (Wildman–Crippen MR) is 86.9 cm³/mol. The molecule has 0 radical (unpaired) electrons. The number of hydrogen-bond donors (Lipinski definition) is 2. The normalized spacial score (nSPS) is 14.8. The molecule has 144 valence electrons. The third-order valence-corrected chi connectivity index (χ3v) is 8.35. The van der Waals surface area contributed by atoms with Gasteiger partial charge in [-0.2, -0.15) is 13.2 Å². The first-order valence-corrected chi connectivity index (χ1v) is 10.3. The van der Waals surface area contributed by atoms with E-state index in [0.717, 1.165) is 7.11 Å². The number of alkyl halides is 3. The second kappa shape index (κ2) is 8.69. The van der Waals surface area contributed by atoms with Gasteiger partial charge in [0.2, 0.25) is 0 Å². The lowest BCUT2D eigenvalue weighted by atomic mass is 10.1. The van der Waals surface area contributed by atoms with E-state index in [4.69, 9.17) is 4.43 Å². The van der Waals surface area contributed by atoms with Gasteiger partial charge in [-0.1, -0.05) is 32.6 Å². The second-order valence-corrected chi connectivity index (χ2v) is 11.6. The third kappa shape index (κ3) is 7.46. The highest BCUT2D eigenvalue weighted by atomic mass is 28.4. The number of hydrogen-bond acceptors (Lipinski definition) is 5. The van der Waals surface area contributed by atoms with E-state index in [1.54, 1.807) is 0 Å². The molecule has 0 bridgehead atoms. The minimum absolute atomic E-state index is 0.0609. The highest BCUT2D eigenvalue weighted by Crippen LogP contribution is 2.36. The fraction of sp³-hybridized carbons (Fsp3) is 0.733. The van der Waals surface area contributed by atoms with Crippen molar-refractivity contribution >= 4 is 20.2 Å². The minimum Gasteiger partial charge on any atom is -0.467 e. The number of rotatable bonds is 5. The summed E-state index contributed by atoms with van der Waals surface area (Å²) in [7, 11) is -1.17. The number of esters is 1. The number of aliphatic hydroxyl groups excluding tert-OH is 1. The highest BCUT2D eigenvalue weighted by Gasteiger charge is 2.42. The van der Waals surface area contributed by atoms with Crippen LogP contribution in [0.5, 0.6) is 0 Å². The summed E-state index contributed by atoms with van der Waals surface area (Å²) in [6, 6.07) is -1.96. The van der Waals surface area contributed by atoms with Crippen molar-refractivity contribution in [3.8, 4) is 11.8 Å². The number of amides is 1. The minimum atomic E-state index is -5.20. The quantitative estimate of drug-likeness (QED) is 0.428. The molecule has 0 unspecified atom stereocenters. The molecule has 0 aromatic carbocycles. The second-order valence-electron chi connectivity index (χ2n) is 6.79. The lowest BCUT2D eigenvalue weighted by Crippen LogP contribution is -2.52. The first-order chi connectivity index (χ1) is 11.1. The Morgan fingerprint density at radius 3 is 2.16 bits per heavy atom. The average Bonchev–Trinajstić information content (AvgIpc) is 2.45. The Hall–Kier alpha value is -1.57. The lowest BCUT2D eigenvalue weighted by Gasteiger charge is -2.35. The largest absolute Gasteiger partial charge is 0.471 e. The van der Waals surface area contributed by atoms with Gasteiger partial charge in [0.1, 0.15) is 6.10 Å². The number of carbonyl (C=O) groups excluding carboxylic acids is 2. The highest BCUT2D eigenvalue weighted by molar-refractivity contribution is 6.74. The summed E-state index contributed by atoms with van der Waals surface area (Å²) < 4.78 is 46.9. The summed E-state index contributed by atoms with van der Waals surface area (Å²) in [5.41, 5.74) is 0. The topological polar surface area (TPSA) is 84.9 Å². The van der Waals surface area contributed by atoms with Gasteiger partial charge in [0.15, 0.2) is 14.4 Å². The molecule has 10 heteroatoms. The van der Waals surface area contributed by atoms with Crippen LogP contribution in [0.4, 0.5) is 13.2 Å². The van der Waals surface area contributed by atoms with Crippen molar-refractivity contribution < 1.29 is 37.0 Å². The van der Waals surface area contributed by atoms with Crippen LogP contribution < -0.4 is 5.32 Å². The molecular weight excluding hydrogens is 359 g/mol. The lowest BCUT2D eigenvalue weighted by molar-refractivity contribution is -0.176. The fourth-order valence-corrected chi connectivity index (χ4v) is 2.15. The molecule has 6 nitrogen and oxygen atoms in total. The van der Waals surface area contributed by atoms with Gasteiger partial charge >= 0.3 is 18.1 Å². The maximum absolute atomic E-state index is 12.3. The van der Waals surface area contributed by atoms with Crippen LogP contribution in [0.2, 0.25) is 18.1 Å². The van der Waals surface area contributed by atoms with E-state index < -0.39 is 38.5 Å². The molecule has 0 heterocycles. The number of nitrogens with one attached hydrogen (secondary N) is 1. The van der Waals surface area contributed by atoms with Crippen LogP contribution in [0.3, 0.4) is 0 Å². The summed E-state index contributed by atoms with van der Waals surface area (Å²) in [5.74, 6) is 1.04. The van der Waals surface area contributed by atoms with E-state index in [9.17, 15) is 27.9 Å². The van der Waals surface area contributed by atoms with E-state index >= 15 is 0 Å². The zero-order valence-electron chi connectivity index (χ0n) is 15.1. The Kier molecular flexibility index (Phi) is 8.14. The molecule has 0 aromatic rings. The van der Waals surface area contributed by atoms with Gasteiger partial charge in [0, 0.05) is 0 Å². The van der Waals surface area contributed by atoms with Crippen LogP contribution in [-0.4, -0.2) is 57.3 Å². The Bertz CT molecular complexity index is 546. The van der Waals surface area contributed by atoms with Crippen molar-refractivity contribution in [3.63, 3.8) is 0 Å². The monoisotopic (exact) mass is 383 g/mol. The number of methoxy groups -OCH3 is 1. The van der Waals surface area contributed by atoms with Gasteiger partial charge in [0.05, 0.1) is 13.7 Å². The zero-order chi connectivity index (χ0) is 20.1. The Morgan fingerprint density at radius 2 is 1.76 bits per heavy atom. The predicted octanol–water partition coefficient (Wildman–Crippen LogP) is 1.59. The van der Waals surface area contributed by atoms with Gasteiger partial charge in [-0.15, -0.1) is 0 Å². The van der Waals surface area contributed by atoms with Crippen LogP contribution in [0, 0.1) is 11.8 Å². The average molecular weight is 383 g/mol. The summed E-state index contributed by atoms with van der Waals surface area (Å²) in [6.45, 7) is 9.94. The third-order valence-electron chi connectivity index (χ3n) is 3.88. The van der Waals surface area contributed by atoms with Crippen molar-refractivity contribution in [2.75, 3.05) is 13.7 Å². The molecule has 0 aliphatic rings. The van der Waals surface area contributed by atoms with Gasteiger partial charge in [-0.05, 0) is 18.1 Å². The molecule has 0 aliphatic carbocycles. The molecule has 2 N–H and O–H groups in total. The SMILES string of the molecule is COC(=O)[C@@H](NC(=O)C(F)(F)F)[C@@H](O)C#CCO[Si](C)(C)C(C)(C)C. The van der Waals surface area contributed by atoms with Crippen LogP contribution in [-0.2, 0) is 18.8 Å². The van der Waals surface area contributed by atoms with Gasteiger partial charge in [0.25, 0.3) is 0 Å². The van der Waals surface area contributed by atoms with Crippen LogP contribution >= 0.6 is 0 Å². The molecule has 25 heavy (non-hydrogen) atoms. The van der Waals surface area contributed by atoms with Crippen molar-refractivity contribution in [1.29, 1.82) is 0 Å². The maximum Gasteiger partial charge on any atom is 0.471 e. The van der Waals surface area contributed by atoms with Crippen molar-refractivity contribution in [1.82, 2.24) is 5.32 Å². The van der Waals surface area contributed by atoms with Crippen LogP contribution in [0.15, 0.2) is 0 Å². The first kappa shape index (κ1) is 23.4. The summed E-state index contributed by atoms with van der Waals surface area (Å²) in [6.07, 6.45) is -7.08. The molecule has 0 fully saturated rings. The number of halogens is 3. The smallest absolute Gasteiger partial charge is 0.467 e. The first-order valence-electron chi connectivity index (χ1n) is 7.39. The number of ether oxygens (including phenoxy) is 1. The van der Waals surface area contributed by atoms with Gasteiger partial charge in [-0.25, -0.2) is 4.79 Å². The standard InChI is InChI=1S/C15H24F3NO5Si/c1-14(2,3)25(5,6)24-9-7-8-10(20)11(12(21)23-4)19-13(22)15(16,17)18/h10-11,20H,9H2,1-6H3,(H,19,22)/t10-,11-/m0/s1. The van der Waals surface area contributed by atoms with Gasteiger partial charge in [-0.3, -0.25) is 4.79 Å². The molecule has 0 spiro atoms. The van der Waals surface area contributed by atoms with Crippen LogP contribution in [0.1, 0.15) is 20.8 Å². The van der Waals surface area contributed by atoms with E-state index in [1.165, 1.54) is 5.32 Å². The molecule has 0 saturated heterocycles. The molecule has 2 atom stereocenters. The summed E-state index contributed by atoms with van der Waals surface area (Å²) in [5, 5.41) is 11.1. The van der Waals surface area contributed by atoms with E-state index in [1.807, 2.05) is 33.9 Å². The zero-order valence-corrected chi connectivity index (χ0v) is 16.1. The van der Waals surface area contributed by atoms with E-state index in [0.29, 0.717) is 0 Å². The van der Waals surface area contributed by atoms with Gasteiger partial charge < -0.3 is 19.6 Å². The molecule has 0 aromatic heterocycles. The van der Waals surface area contributed by atoms with E-state index in [-0.39, 0.29) is 11.6 Å². The Morgan fingerprint density at radius 1 is 1.24 bits per heavy atom. The number of carbonyl (C=O) groups is 2. The van der Waals surface area contributed by atoms with E-state index in [2.05, 4.69) is 16.6 Å². The Balaban J connectivity index is 5.00. The summed E-state index contributed by atoms with van der Waals surface area (Å²) >= 11 is 0. The fourth-order valence-electron chi connectivity index (χ4n) is 1.28.